The van der Waals surface area contributed by atoms with Gasteiger partial charge in [-0.3, -0.25) is 0 Å². The Hall–Kier alpha value is -0.860. The highest BCUT2D eigenvalue weighted by molar-refractivity contribution is 5.85. The van der Waals surface area contributed by atoms with Crippen LogP contribution in [0.5, 0.6) is 0 Å². The third-order valence-corrected chi connectivity index (χ3v) is 1.12. The first-order valence-electron chi connectivity index (χ1n) is 4.58. The van der Waals surface area contributed by atoms with Crippen LogP contribution in [0, 0.1) is 0 Å². The van der Waals surface area contributed by atoms with Crippen molar-refractivity contribution < 1.29 is 4.79 Å². The zero-order valence-electron chi connectivity index (χ0n) is 8.79. The maximum absolute atomic E-state index is 10.5. The lowest BCUT2D eigenvalue weighted by atomic mass is 10.4. The van der Waals surface area contributed by atoms with Crippen LogP contribution in [0.25, 0.3) is 0 Å². The van der Waals surface area contributed by atoms with Crippen molar-refractivity contribution in [1.29, 1.82) is 0 Å². The Morgan fingerprint density at radius 3 is 2.08 bits per heavy atom. The molecule has 3 heteroatoms. The van der Waals surface area contributed by atoms with E-state index in [4.69, 9.17) is 0 Å². The van der Waals surface area contributed by atoms with Crippen molar-refractivity contribution in [3.05, 3.63) is 0 Å². The van der Waals surface area contributed by atoms with E-state index in [0.29, 0.717) is 0 Å². The van der Waals surface area contributed by atoms with Crippen molar-refractivity contribution in [3.63, 3.8) is 0 Å². The van der Waals surface area contributed by atoms with Gasteiger partial charge in [0, 0.05) is 26.2 Å². The predicted molar refractivity (Wildman–Crippen MR) is 53.8 cm³/mol. The fourth-order valence-corrected chi connectivity index (χ4v) is 0.588. The molecule has 12 heavy (non-hydrogen) atoms. The van der Waals surface area contributed by atoms with Crippen LogP contribution in [0.2, 0.25) is 0 Å². The van der Waals surface area contributed by atoms with Gasteiger partial charge in [0.1, 0.15) is 0 Å². The molecule has 0 aromatic carbocycles. The van der Waals surface area contributed by atoms with Gasteiger partial charge in [-0.15, -0.1) is 0 Å². The summed E-state index contributed by atoms with van der Waals surface area (Å²) in [5, 5.41) is 0. The zero-order valence-corrected chi connectivity index (χ0v) is 8.79. The lowest BCUT2D eigenvalue weighted by Crippen LogP contribution is -2.28. The quantitative estimate of drug-likeness (QED) is 0.552. The molecule has 0 N–H and O–H groups in total. The fourth-order valence-electron chi connectivity index (χ4n) is 0.588. The van der Waals surface area contributed by atoms with Gasteiger partial charge in [0.25, 0.3) is 0 Å². The lowest BCUT2D eigenvalue weighted by Gasteiger charge is -2.15. The summed E-state index contributed by atoms with van der Waals surface area (Å²) in [6, 6.07) is -0.128. The van der Waals surface area contributed by atoms with Crippen molar-refractivity contribution in [2.24, 2.45) is 4.99 Å². The molecule has 0 bridgehead atoms. The first-order valence-corrected chi connectivity index (χ1v) is 4.58. The molecule has 2 amide bonds. The van der Waals surface area contributed by atoms with Crippen molar-refractivity contribution in [2.45, 2.75) is 34.1 Å². The fraction of sp³-hybridized carbons (Fsp3) is 0.778. The molecule has 1 aliphatic heterocycles. The van der Waals surface area contributed by atoms with Crippen molar-refractivity contribution in [3.8, 4) is 0 Å². The van der Waals surface area contributed by atoms with Gasteiger partial charge in [0.2, 0.25) is 0 Å². The lowest BCUT2D eigenvalue weighted by molar-refractivity contribution is 0.218. The highest BCUT2D eigenvalue weighted by atomic mass is 16.2. The molecule has 0 atom stereocenters. The number of amides is 2. The zero-order chi connectivity index (χ0) is 9.98. The Balaban J connectivity index is 0. The smallest absolute Gasteiger partial charge is 0.326 e. The summed E-state index contributed by atoms with van der Waals surface area (Å²) in [7, 11) is 1.75. The van der Waals surface area contributed by atoms with E-state index in [0.717, 1.165) is 13.0 Å². The monoisotopic (exact) mass is 172 g/mol. The Morgan fingerprint density at radius 2 is 1.83 bits per heavy atom. The molecule has 0 aromatic rings. The second kappa shape index (κ2) is 10.1. The third-order valence-electron chi connectivity index (χ3n) is 1.12. The van der Waals surface area contributed by atoms with Crippen LogP contribution < -0.4 is 0 Å². The summed E-state index contributed by atoms with van der Waals surface area (Å²) in [5.74, 6) is 0. The highest BCUT2D eigenvalue weighted by Gasteiger charge is 2.07. The van der Waals surface area contributed by atoms with Crippen LogP contribution in [0.4, 0.5) is 4.79 Å². The van der Waals surface area contributed by atoms with Crippen molar-refractivity contribution in [2.75, 3.05) is 13.6 Å². The number of carbonyl (C=O) groups is 1. The number of rotatable bonds is 0. The molecule has 3 nitrogen and oxygen atoms in total. The molecule has 0 spiro atoms. The third kappa shape index (κ3) is 5.89. The molecule has 0 aromatic heterocycles. The van der Waals surface area contributed by atoms with Gasteiger partial charge in [-0.2, -0.15) is 0 Å². The summed E-state index contributed by atoms with van der Waals surface area (Å²) in [5.41, 5.74) is 0. The van der Waals surface area contributed by atoms with Gasteiger partial charge < -0.3 is 4.90 Å². The van der Waals surface area contributed by atoms with E-state index in [9.17, 15) is 4.79 Å². The van der Waals surface area contributed by atoms with E-state index in [2.05, 4.69) is 4.99 Å². The summed E-state index contributed by atoms with van der Waals surface area (Å²) >= 11 is 0. The van der Waals surface area contributed by atoms with Crippen LogP contribution >= 0.6 is 0 Å². The average Bonchev–Trinajstić information content (AvgIpc) is 2.17. The van der Waals surface area contributed by atoms with E-state index < -0.39 is 0 Å². The summed E-state index contributed by atoms with van der Waals surface area (Å²) in [6.07, 6.45) is 2.55. The van der Waals surface area contributed by atoms with Crippen LogP contribution in [-0.4, -0.2) is 30.7 Å². The second-order valence-electron chi connectivity index (χ2n) is 1.80. The molecule has 1 aliphatic rings. The summed E-state index contributed by atoms with van der Waals surface area (Å²) in [4.78, 5) is 15.7. The Labute approximate surface area is 75.5 Å². The number of aliphatic imine (C=N–C) groups is 1. The maximum Gasteiger partial charge on any atom is 0.342 e. The van der Waals surface area contributed by atoms with E-state index in [1.54, 1.807) is 18.2 Å². The second-order valence-corrected chi connectivity index (χ2v) is 1.80. The molecular formula is C9H20N2O. The SMILES string of the molecule is CC.CC.CN1CCC=NC1=O. The maximum atomic E-state index is 10.5. The first kappa shape index (κ1) is 13.7. The molecule has 0 unspecified atom stereocenters. The molecular weight excluding hydrogens is 152 g/mol. The standard InChI is InChI=1S/C5H8N2O.2C2H6/c1-7-4-2-3-6-5(7)8;2*1-2/h3H,2,4H2,1H3;2*1-2H3. The van der Waals surface area contributed by atoms with E-state index >= 15 is 0 Å². The number of hydrogen-bond donors (Lipinski definition) is 0. The number of urea groups is 1. The van der Waals surface area contributed by atoms with E-state index in [1.807, 2.05) is 27.7 Å². The van der Waals surface area contributed by atoms with Crippen LogP contribution in [0.15, 0.2) is 4.99 Å². The van der Waals surface area contributed by atoms with E-state index in [1.165, 1.54) is 0 Å². The van der Waals surface area contributed by atoms with Gasteiger partial charge in [-0.1, -0.05) is 27.7 Å². The van der Waals surface area contributed by atoms with Gasteiger partial charge in [0.15, 0.2) is 0 Å². The largest absolute Gasteiger partial charge is 0.342 e. The molecule has 0 aliphatic carbocycles. The molecule has 0 saturated carbocycles. The first-order chi connectivity index (χ1) is 5.80. The van der Waals surface area contributed by atoms with Crippen LogP contribution in [-0.2, 0) is 0 Å². The Kier molecular flexibility index (Phi) is 11.6. The minimum Gasteiger partial charge on any atom is -0.326 e. The number of hydrogen-bond acceptors (Lipinski definition) is 1. The Bertz CT molecular complexity index is 132. The molecule has 0 saturated heterocycles. The van der Waals surface area contributed by atoms with Crippen molar-refractivity contribution >= 4 is 12.2 Å². The number of carbonyl (C=O) groups excluding carboxylic acids is 1. The van der Waals surface area contributed by atoms with Gasteiger partial charge >= 0.3 is 6.03 Å². The van der Waals surface area contributed by atoms with Gasteiger partial charge in [0.05, 0.1) is 0 Å². The average molecular weight is 172 g/mol. The van der Waals surface area contributed by atoms with Gasteiger partial charge in [-0.25, -0.2) is 9.79 Å². The normalized spacial score (nSPS) is 14.1. The Morgan fingerprint density at radius 1 is 1.33 bits per heavy atom. The molecule has 0 fully saturated rings. The topological polar surface area (TPSA) is 32.7 Å². The molecule has 0 radical (unpaired) electrons. The number of nitrogens with zero attached hydrogens (tertiary/aromatic N) is 2. The minimum absolute atomic E-state index is 0.128. The van der Waals surface area contributed by atoms with E-state index in [-0.39, 0.29) is 6.03 Å². The highest BCUT2D eigenvalue weighted by Crippen LogP contribution is 1.95. The van der Waals surface area contributed by atoms with Crippen LogP contribution in [0.3, 0.4) is 0 Å². The minimum atomic E-state index is -0.128. The summed E-state index contributed by atoms with van der Waals surface area (Å²) < 4.78 is 0. The summed E-state index contributed by atoms with van der Waals surface area (Å²) in [6.45, 7) is 8.81. The van der Waals surface area contributed by atoms with Crippen LogP contribution in [0.1, 0.15) is 34.1 Å². The van der Waals surface area contributed by atoms with Gasteiger partial charge in [-0.05, 0) is 0 Å². The van der Waals surface area contributed by atoms with Crippen molar-refractivity contribution in [1.82, 2.24) is 4.90 Å². The predicted octanol–water partition coefficient (Wildman–Crippen LogP) is 2.57. The molecule has 1 heterocycles. The molecule has 1 rings (SSSR count). The molecule has 72 valence electrons.